The van der Waals surface area contributed by atoms with Crippen LogP contribution in [0.3, 0.4) is 0 Å². The highest BCUT2D eigenvalue weighted by Crippen LogP contribution is 2.31. The second-order valence-electron chi connectivity index (χ2n) is 4.35. The number of sulfone groups is 1. The third-order valence-electron chi connectivity index (χ3n) is 2.82. The Morgan fingerprint density at radius 1 is 1.20 bits per heavy atom. The number of hydrogen-bond donors (Lipinski definition) is 0. The van der Waals surface area contributed by atoms with Gasteiger partial charge < -0.3 is 4.74 Å². The van der Waals surface area contributed by atoms with Crippen molar-refractivity contribution in [1.82, 2.24) is 0 Å². The minimum absolute atomic E-state index is 0.0655. The second kappa shape index (κ2) is 3.32. The Balaban J connectivity index is 2.32. The van der Waals surface area contributed by atoms with Gasteiger partial charge in [0.05, 0.1) is 18.1 Å². The number of benzene rings is 1. The molecule has 3 nitrogen and oxygen atoms in total. The van der Waals surface area contributed by atoms with Gasteiger partial charge >= 0.3 is 0 Å². The molecule has 1 aromatic carbocycles. The normalized spacial score (nSPS) is 19.6. The van der Waals surface area contributed by atoms with Gasteiger partial charge in [0.1, 0.15) is 0 Å². The molecule has 0 aliphatic carbocycles. The zero-order valence-electron chi connectivity index (χ0n) is 8.86. The van der Waals surface area contributed by atoms with E-state index in [0.29, 0.717) is 18.1 Å². The van der Waals surface area contributed by atoms with Crippen LogP contribution in [0.1, 0.15) is 12.5 Å². The van der Waals surface area contributed by atoms with E-state index >= 15 is 0 Å². The highest BCUT2D eigenvalue weighted by Gasteiger charge is 2.35. The lowest BCUT2D eigenvalue weighted by Crippen LogP contribution is -2.43. The number of ether oxygens (including phenoxy) is 1. The van der Waals surface area contributed by atoms with E-state index in [4.69, 9.17) is 4.74 Å². The fourth-order valence-electron chi connectivity index (χ4n) is 1.68. The monoisotopic (exact) mass is 226 g/mol. The van der Waals surface area contributed by atoms with E-state index < -0.39 is 9.84 Å². The Morgan fingerprint density at radius 2 is 1.73 bits per heavy atom. The van der Waals surface area contributed by atoms with Crippen molar-refractivity contribution in [3.8, 4) is 0 Å². The van der Waals surface area contributed by atoms with Gasteiger partial charge in [0.2, 0.25) is 0 Å². The maximum atomic E-state index is 11.3. The van der Waals surface area contributed by atoms with E-state index in [-0.39, 0.29) is 5.41 Å². The Labute approximate surface area is 90.0 Å². The average molecular weight is 226 g/mol. The molecule has 0 bridgehead atoms. The standard InChI is InChI=1S/C11H14O3S/c1-11(7-14-8-11)9-3-5-10(6-4-9)15(2,12)13/h3-6H,7-8H2,1-2H3. The third-order valence-corrected chi connectivity index (χ3v) is 3.95. The first-order chi connectivity index (χ1) is 6.92. The van der Waals surface area contributed by atoms with Gasteiger partial charge in [-0.2, -0.15) is 0 Å². The van der Waals surface area contributed by atoms with Gasteiger partial charge in [0.15, 0.2) is 9.84 Å². The Kier molecular flexibility index (Phi) is 2.35. The summed E-state index contributed by atoms with van der Waals surface area (Å²) in [6.07, 6.45) is 1.22. The van der Waals surface area contributed by atoms with Crippen LogP contribution >= 0.6 is 0 Å². The summed E-state index contributed by atoms with van der Waals surface area (Å²) in [5.41, 5.74) is 1.21. The fraction of sp³-hybridized carbons (Fsp3) is 0.455. The predicted octanol–water partition coefficient (Wildman–Crippen LogP) is 1.38. The van der Waals surface area contributed by atoms with Crippen molar-refractivity contribution in [2.45, 2.75) is 17.2 Å². The zero-order chi connectivity index (χ0) is 11.1. The second-order valence-corrected chi connectivity index (χ2v) is 6.37. The van der Waals surface area contributed by atoms with Crippen molar-refractivity contribution >= 4 is 9.84 Å². The maximum Gasteiger partial charge on any atom is 0.175 e. The molecule has 0 amide bonds. The van der Waals surface area contributed by atoms with Crippen molar-refractivity contribution < 1.29 is 13.2 Å². The fourth-order valence-corrected chi connectivity index (χ4v) is 2.31. The molecule has 1 aliphatic heterocycles. The SMILES string of the molecule is CC1(c2ccc(S(C)(=O)=O)cc2)COC1. The molecule has 0 atom stereocenters. The minimum atomic E-state index is -3.09. The van der Waals surface area contributed by atoms with Crippen LogP contribution in [0.2, 0.25) is 0 Å². The van der Waals surface area contributed by atoms with E-state index in [1.807, 2.05) is 12.1 Å². The number of rotatable bonds is 2. The summed E-state index contributed by atoms with van der Waals surface area (Å²) in [5.74, 6) is 0. The Hall–Kier alpha value is -0.870. The van der Waals surface area contributed by atoms with Gasteiger partial charge in [-0.15, -0.1) is 0 Å². The van der Waals surface area contributed by atoms with Crippen molar-refractivity contribution in [1.29, 1.82) is 0 Å². The summed E-state index contributed by atoms with van der Waals surface area (Å²) in [6.45, 7) is 3.54. The molecule has 1 aliphatic rings. The molecule has 0 N–H and O–H groups in total. The van der Waals surface area contributed by atoms with Gasteiger partial charge in [-0.05, 0) is 17.7 Å². The maximum absolute atomic E-state index is 11.3. The van der Waals surface area contributed by atoms with Crippen molar-refractivity contribution in [2.75, 3.05) is 19.5 Å². The predicted molar refractivity (Wildman–Crippen MR) is 57.7 cm³/mol. The first-order valence-electron chi connectivity index (χ1n) is 4.80. The molecule has 0 unspecified atom stereocenters. The molecule has 1 fully saturated rings. The largest absolute Gasteiger partial charge is 0.379 e. The zero-order valence-corrected chi connectivity index (χ0v) is 9.67. The summed E-state index contributed by atoms with van der Waals surface area (Å²) in [5, 5.41) is 0. The lowest BCUT2D eigenvalue weighted by Gasteiger charge is -2.38. The van der Waals surface area contributed by atoms with Gasteiger partial charge in [-0.1, -0.05) is 19.1 Å². The van der Waals surface area contributed by atoms with E-state index in [1.54, 1.807) is 12.1 Å². The van der Waals surface area contributed by atoms with Gasteiger partial charge in [-0.3, -0.25) is 0 Å². The molecule has 1 saturated heterocycles. The molecular formula is C11H14O3S. The molecular weight excluding hydrogens is 212 g/mol. The summed E-state index contributed by atoms with van der Waals surface area (Å²) in [7, 11) is -3.09. The van der Waals surface area contributed by atoms with Crippen LogP contribution < -0.4 is 0 Å². The van der Waals surface area contributed by atoms with E-state index in [1.165, 1.54) is 6.26 Å². The summed E-state index contributed by atoms with van der Waals surface area (Å²) >= 11 is 0. The van der Waals surface area contributed by atoms with Crippen LogP contribution in [0.25, 0.3) is 0 Å². The smallest absolute Gasteiger partial charge is 0.175 e. The summed E-state index contributed by atoms with van der Waals surface area (Å²) in [6, 6.07) is 7.07. The van der Waals surface area contributed by atoms with E-state index in [9.17, 15) is 8.42 Å². The topological polar surface area (TPSA) is 43.4 Å². The molecule has 0 saturated carbocycles. The first-order valence-corrected chi connectivity index (χ1v) is 6.69. The van der Waals surface area contributed by atoms with E-state index in [0.717, 1.165) is 5.56 Å². The van der Waals surface area contributed by atoms with Crippen LogP contribution in [0.4, 0.5) is 0 Å². The Morgan fingerprint density at radius 3 is 2.07 bits per heavy atom. The minimum Gasteiger partial charge on any atom is -0.379 e. The van der Waals surface area contributed by atoms with Gasteiger partial charge in [0.25, 0.3) is 0 Å². The van der Waals surface area contributed by atoms with Gasteiger partial charge in [0, 0.05) is 11.7 Å². The molecule has 0 aromatic heterocycles. The number of hydrogen-bond acceptors (Lipinski definition) is 3. The van der Waals surface area contributed by atoms with Crippen LogP contribution in [0.5, 0.6) is 0 Å². The highest BCUT2D eigenvalue weighted by atomic mass is 32.2. The lowest BCUT2D eigenvalue weighted by molar-refractivity contribution is -0.0500. The van der Waals surface area contributed by atoms with E-state index in [2.05, 4.69) is 6.92 Å². The third kappa shape index (κ3) is 1.92. The molecule has 82 valence electrons. The molecule has 4 heteroatoms. The first kappa shape index (κ1) is 10.6. The summed E-state index contributed by atoms with van der Waals surface area (Å²) in [4.78, 5) is 0.370. The van der Waals surface area contributed by atoms with Crippen LogP contribution in [0.15, 0.2) is 29.2 Å². The van der Waals surface area contributed by atoms with Crippen LogP contribution in [0, 0.1) is 0 Å². The summed E-state index contributed by atoms with van der Waals surface area (Å²) < 4.78 is 27.7. The van der Waals surface area contributed by atoms with Gasteiger partial charge in [-0.25, -0.2) is 8.42 Å². The molecule has 0 spiro atoms. The van der Waals surface area contributed by atoms with Crippen LogP contribution in [-0.2, 0) is 20.0 Å². The molecule has 15 heavy (non-hydrogen) atoms. The highest BCUT2D eigenvalue weighted by molar-refractivity contribution is 7.90. The van der Waals surface area contributed by atoms with Crippen LogP contribution in [-0.4, -0.2) is 27.9 Å². The van der Waals surface area contributed by atoms with Crippen molar-refractivity contribution in [3.05, 3.63) is 29.8 Å². The van der Waals surface area contributed by atoms with Crippen molar-refractivity contribution in [3.63, 3.8) is 0 Å². The molecule has 1 aromatic rings. The molecule has 0 radical (unpaired) electrons. The lowest BCUT2D eigenvalue weighted by atomic mass is 9.81. The Bertz CT molecular complexity index is 455. The average Bonchev–Trinajstić information content (AvgIpc) is 2.13. The molecule has 2 rings (SSSR count). The quantitative estimate of drug-likeness (QED) is 0.765. The van der Waals surface area contributed by atoms with Crippen molar-refractivity contribution in [2.24, 2.45) is 0 Å². The molecule has 1 heterocycles.